The standard InChI is InChI=1S/C14H9.3C2H5O.Sn/c1-3-7-13-11(5-1)9-10-12-6-2-4-8-14(12)13;3*1-2-3;/h1-9H;3*2H2,1H3;/q;3*-1;+3. The molecule has 0 atom stereocenters. The van der Waals surface area contributed by atoms with Crippen LogP contribution in [-0.4, -0.2) is 39.4 Å². The summed E-state index contributed by atoms with van der Waals surface area (Å²) in [5, 5.41) is 4.86. The summed E-state index contributed by atoms with van der Waals surface area (Å²) in [6.07, 6.45) is 0. The van der Waals surface area contributed by atoms with Crippen LogP contribution in [0, 0.1) is 0 Å². The Morgan fingerprint density at radius 3 is 1.75 bits per heavy atom. The third-order valence-corrected chi connectivity index (χ3v) is 12.9. The molecule has 3 aromatic rings. The average Bonchev–Trinajstić information content (AvgIpc) is 2.61. The average molecular weight is 431 g/mol. The van der Waals surface area contributed by atoms with Gasteiger partial charge in [-0.3, -0.25) is 0 Å². The van der Waals surface area contributed by atoms with Gasteiger partial charge in [0, 0.05) is 0 Å². The van der Waals surface area contributed by atoms with Crippen molar-refractivity contribution in [3.8, 4) is 0 Å². The van der Waals surface area contributed by atoms with E-state index in [4.69, 9.17) is 9.22 Å². The van der Waals surface area contributed by atoms with Gasteiger partial charge in [0.2, 0.25) is 0 Å². The molecule has 0 radical (unpaired) electrons. The predicted octanol–water partition coefficient (Wildman–Crippen LogP) is 4.25. The predicted molar refractivity (Wildman–Crippen MR) is 102 cm³/mol. The molecule has 0 amide bonds. The van der Waals surface area contributed by atoms with Crippen molar-refractivity contribution < 1.29 is 9.22 Å². The molecule has 0 aliphatic heterocycles. The summed E-state index contributed by atoms with van der Waals surface area (Å²) in [7, 11) is 0. The summed E-state index contributed by atoms with van der Waals surface area (Å²) in [5.41, 5.74) is 0. The van der Waals surface area contributed by atoms with Crippen molar-refractivity contribution in [3.05, 3.63) is 54.6 Å². The molecule has 0 N–H and O–H groups in total. The molecule has 4 heteroatoms. The van der Waals surface area contributed by atoms with Crippen LogP contribution in [0.25, 0.3) is 21.5 Å². The Balaban J connectivity index is 2.35. The first-order valence-corrected chi connectivity index (χ1v) is 13.5. The molecule has 0 aromatic heterocycles. The molecule has 0 saturated heterocycles. The van der Waals surface area contributed by atoms with Crippen molar-refractivity contribution in [1.82, 2.24) is 0 Å². The third kappa shape index (κ3) is 3.18. The van der Waals surface area contributed by atoms with Crippen molar-refractivity contribution in [2.45, 2.75) is 20.8 Å². The van der Waals surface area contributed by atoms with Crippen molar-refractivity contribution in [2.75, 3.05) is 19.8 Å². The maximum absolute atomic E-state index is 6.22. The van der Waals surface area contributed by atoms with Crippen molar-refractivity contribution >= 4 is 44.7 Å². The van der Waals surface area contributed by atoms with E-state index in [1.165, 1.54) is 21.5 Å². The SMILES string of the molecule is CC[O][Sn]([O]CC)([O]CC)[c]1cc2ccccc2c2ccccc12. The first-order chi connectivity index (χ1) is 11.8. The molecule has 3 nitrogen and oxygen atoms in total. The van der Waals surface area contributed by atoms with Crippen molar-refractivity contribution in [2.24, 2.45) is 0 Å². The topological polar surface area (TPSA) is 27.7 Å². The Morgan fingerprint density at radius 1 is 0.667 bits per heavy atom. The van der Waals surface area contributed by atoms with Crippen LogP contribution in [0.15, 0.2) is 54.6 Å². The molecule has 24 heavy (non-hydrogen) atoms. The minimum atomic E-state index is -3.86. The number of hydrogen-bond donors (Lipinski definition) is 0. The van der Waals surface area contributed by atoms with Crippen molar-refractivity contribution in [1.29, 1.82) is 0 Å². The van der Waals surface area contributed by atoms with Gasteiger partial charge in [-0.15, -0.1) is 0 Å². The first-order valence-electron chi connectivity index (χ1n) is 8.58. The summed E-state index contributed by atoms with van der Waals surface area (Å²) in [4.78, 5) is 0. The Hall–Kier alpha value is -1.14. The number of benzene rings is 3. The van der Waals surface area contributed by atoms with Crippen LogP contribution >= 0.6 is 0 Å². The molecule has 0 aliphatic rings. The van der Waals surface area contributed by atoms with E-state index in [2.05, 4.69) is 54.6 Å². The van der Waals surface area contributed by atoms with Gasteiger partial charge >= 0.3 is 149 Å². The van der Waals surface area contributed by atoms with Crippen molar-refractivity contribution in [3.63, 3.8) is 0 Å². The van der Waals surface area contributed by atoms with Gasteiger partial charge in [-0.25, -0.2) is 0 Å². The Kier molecular flexibility index (Phi) is 5.76. The molecular formula is C20H24O3Sn. The molecule has 0 fully saturated rings. The van der Waals surface area contributed by atoms with Crippen LogP contribution in [0.2, 0.25) is 0 Å². The second-order valence-corrected chi connectivity index (χ2v) is 12.7. The third-order valence-electron chi connectivity index (χ3n) is 4.10. The van der Waals surface area contributed by atoms with Crippen LogP contribution in [0.3, 0.4) is 0 Å². The van der Waals surface area contributed by atoms with E-state index in [9.17, 15) is 0 Å². The van der Waals surface area contributed by atoms with Gasteiger partial charge in [0.25, 0.3) is 0 Å². The maximum atomic E-state index is 6.22. The van der Waals surface area contributed by atoms with Crippen LogP contribution in [-0.2, 0) is 9.22 Å². The minimum absolute atomic E-state index is 0.594. The second-order valence-electron chi connectivity index (χ2n) is 5.55. The zero-order valence-corrected chi connectivity index (χ0v) is 17.4. The van der Waals surface area contributed by atoms with Crippen LogP contribution in [0.1, 0.15) is 20.8 Å². The molecule has 0 spiro atoms. The van der Waals surface area contributed by atoms with E-state index >= 15 is 0 Å². The van der Waals surface area contributed by atoms with Gasteiger partial charge in [-0.05, 0) is 0 Å². The van der Waals surface area contributed by atoms with Gasteiger partial charge in [-0.1, -0.05) is 0 Å². The molecule has 3 rings (SSSR count). The zero-order chi connectivity index (χ0) is 17.0. The van der Waals surface area contributed by atoms with Gasteiger partial charge in [-0.2, -0.15) is 0 Å². The number of rotatable bonds is 7. The second kappa shape index (κ2) is 7.83. The number of hydrogen-bond acceptors (Lipinski definition) is 3. The fraction of sp³-hybridized carbons (Fsp3) is 0.300. The summed E-state index contributed by atoms with van der Waals surface area (Å²) < 4.78 is 19.8. The van der Waals surface area contributed by atoms with E-state index < -0.39 is 19.6 Å². The first kappa shape index (κ1) is 17.7. The van der Waals surface area contributed by atoms with E-state index in [1.807, 2.05) is 20.8 Å². The molecule has 126 valence electrons. The van der Waals surface area contributed by atoms with Gasteiger partial charge in [0.05, 0.1) is 0 Å². The van der Waals surface area contributed by atoms with Crippen LogP contribution in [0.4, 0.5) is 0 Å². The van der Waals surface area contributed by atoms with E-state index in [-0.39, 0.29) is 0 Å². The van der Waals surface area contributed by atoms with Gasteiger partial charge in [0.1, 0.15) is 0 Å². The molecule has 0 heterocycles. The summed E-state index contributed by atoms with van der Waals surface area (Å²) in [6, 6.07) is 19.2. The number of fused-ring (bicyclic) bond motifs is 3. The van der Waals surface area contributed by atoms with Gasteiger partial charge < -0.3 is 0 Å². The molecular weight excluding hydrogens is 407 g/mol. The van der Waals surface area contributed by atoms with E-state index in [1.54, 1.807) is 0 Å². The normalized spacial score (nSPS) is 12.1. The fourth-order valence-electron chi connectivity index (χ4n) is 3.24. The zero-order valence-electron chi connectivity index (χ0n) is 14.5. The molecule has 0 unspecified atom stereocenters. The van der Waals surface area contributed by atoms with E-state index in [0.29, 0.717) is 19.8 Å². The van der Waals surface area contributed by atoms with E-state index in [0.717, 1.165) is 3.58 Å². The monoisotopic (exact) mass is 432 g/mol. The Bertz CT molecular complexity index is 814. The quantitative estimate of drug-likeness (QED) is 0.414. The summed E-state index contributed by atoms with van der Waals surface area (Å²) >= 11 is -3.86. The summed E-state index contributed by atoms with van der Waals surface area (Å²) in [6.45, 7) is 7.80. The Labute approximate surface area is 149 Å². The molecule has 0 aliphatic carbocycles. The molecule has 0 saturated carbocycles. The Morgan fingerprint density at radius 2 is 1.17 bits per heavy atom. The molecule has 0 bridgehead atoms. The van der Waals surface area contributed by atoms with Crippen LogP contribution in [0.5, 0.6) is 0 Å². The fourth-order valence-corrected chi connectivity index (χ4v) is 11.0. The summed E-state index contributed by atoms with van der Waals surface area (Å²) in [5.74, 6) is 0. The van der Waals surface area contributed by atoms with Gasteiger partial charge in [0.15, 0.2) is 0 Å². The molecule has 3 aromatic carbocycles. The van der Waals surface area contributed by atoms with Crippen LogP contribution < -0.4 is 3.58 Å².